The molecule has 0 fully saturated rings. The van der Waals surface area contributed by atoms with Gasteiger partial charge in [0.05, 0.1) is 10.3 Å². The van der Waals surface area contributed by atoms with E-state index in [2.05, 4.69) is 0 Å². The highest BCUT2D eigenvalue weighted by Crippen LogP contribution is 2.32. The molecule has 0 spiro atoms. The topological polar surface area (TPSA) is 95.5 Å². The van der Waals surface area contributed by atoms with Crippen molar-refractivity contribution in [2.75, 3.05) is 6.54 Å². The summed E-state index contributed by atoms with van der Waals surface area (Å²) in [5, 5.41) is 10.6. The Labute approximate surface area is 118 Å². The minimum Gasteiger partial charge on any atom is -0.426 e. The molecule has 0 unspecified atom stereocenters. The van der Waals surface area contributed by atoms with Crippen molar-refractivity contribution in [3.05, 3.63) is 34.4 Å². The fourth-order valence-electron chi connectivity index (χ4n) is 2.12. The second kappa shape index (κ2) is 7.00. The van der Waals surface area contributed by atoms with Crippen LogP contribution in [0.15, 0.2) is 24.3 Å². The lowest BCUT2D eigenvalue weighted by molar-refractivity contribution is -0.384. The summed E-state index contributed by atoms with van der Waals surface area (Å²) in [5.74, 6) is -0.0225. The Morgan fingerprint density at radius 1 is 1.30 bits per heavy atom. The minimum absolute atomic E-state index is 0.0380. The number of benzene rings is 1. The Kier molecular flexibility index (Phi) is 5.64. The molecule has 0 radical (unpaired) electrons. The standard InChI is InChI=1S/C14H20N2O4/c1-3-14(4-2,9-10-15)13(17)20-12-7-5-11(6-8-12)16(18)19/h5-8H,3-4,9-10,15H2,1-2H3. The molecule has 1 rings (SSSR count). The smallest absolute Gasteiger partial charge is 0.317 e. The van der Waals surface area contributed by atoms with Crippen LogP contribution in [0.4, 0.5) is 5.69 Å². The van der Waals surface area contributed by atoms with Gasteiger partial charge in [0, 0.05) is 12.1 Å². The number of rotatable bonds is 7. The van der Waals surface area contributed by atoms with Gasteiger partial charge in [0.1, 0.15) is 5.75 Å². The second-order valence-electron chi connectivity index (χ2n) is 4.67. The first kappa shape index (κ1) is 16.1. The quantitative estimate of drug-likeness (QED) is 0.358. The Balaban J connectivity index is 2.85. The SMILES string of the molecule is CCC(CC)(CCN)C(=O)Oc1ccc([N+](=O)[O-])cc1. The van der Waals surface area contributed by atoms with Crippen LogP contribution in [0.3, 0.4) is 0 Å². The van der Waals surface area contributed by atoms with Crippen molar-refractivity contribution in [2.24, 2.45) is 11.1 Å². The van der Waals surface area contributed by atoms with E-state index < -0.39 is 10.3 Å². The third kappa shape index (κ3) is 3.54. The lowest BCUT2D eigenvalue weighted by atomic mass is 9.79. The van der Waals surface area contributed by atoms with E-state index in [1.807, 2.05) is 13.8 Å². The summed E-state index contributed by atoms with van der Waals surface area (Å²) >= 11 is 0. The second-order valence-corrected chi connectivity index (χ2v) is 4.67. The molecule has 6 heteroatoms. The van der Waals surface area contributed by atoms with Crippen molar-refractivity contribution in [2.45, 2.75) is 33.1 Å². The van der Waals surface area contributed by atoms with E-state index in [1.54, 1.807) is 0 Å². The zero-order valence-corrected chi connectivity index (χ0v) is 11.8. The molecule has 0 amide bonds. The van der Waals surface area contributed by atoms with Crippen LogP contribution >= 0.6 is 0 Å². The van der Waals surface area contributed by atoms with Crippen molar-refractivity contribution < 1.29 is 14.5 Å². The van der Waals surface area contributed by atoms with Gasteiger partial charge < -0.3 is 10.5 Å². The Hall–Kier alpha value is -1.95. The fraction of sp³-hybridized carbons (Fsp3) is 0.500. The number of hydrogen-bond acceptors (Lipinski definition) is 5. The highest BCUT2D eigenvalue weighted by atomic mass is 16.6. The molecule has 1 aromatic rings. The number of carbonyl (C=O) groups excluding carboxylic acids is 1. The number of nitro benzene ring substituents is 1. The molecule has 0 saturated heterocycles. The van der Waals surface area contributed by atoms with Gasteiger partial charge in [-0.3, -0.25) is 14.9 Å². The van der Waals surface area contributed by atoms with E-state index in [0.717, 1.165) is 0 Å². The molecule has 1 aromatic carbocycles. The van der Waals surface area contributed by atoms with Gasteiger partial charge in [0.25, 0.3) is 5.69 Å². The molecule has 0 bridgehead atoms. The number of non-ortho nitro benzene ring substituents is 1. The molecule has 0 heterocycles. The number of hydrogen-bond donors (Lipinski definition) is 1. The summed E-state index contributed by atoms with van der Waals surface area (Å²) in [4.78, 5) is 22.4. The van der Waals surface area contributed by atoms with Gasteiger partial charge >= 0.3 is 5.97 Å². The van der Waals surface area contributed by atoms with Crippen molar-refractivity contribution in [3.63, 3.8) is 0 Å². The molecular weight excluding hydrogens is 260 g/mol. The zero-order chi connectivity index (χ0) is 15.2. The average Bonchev–Trinajstić information content (AvgIpc) is 2.45. The normalized spacial score (nSPS) is 11.2. The molecule has 0 aliphatic heterocycles. The molecule has 0 aliphatic rings. The molecule has 110 valence electrons. The predicted octanol–water partition coefficient (Wildman–Crippen LogP) is 2.66. The molecule has 0 atom stereocenters. The summed E-state index contributed by atoms with van der Waals surface area (Å²) < 4.78 is 5.33. The molecule has 20 heavy (non-hydrogen) atoms. The maximum atomic E-state index is 12.3. The number of ether oxygens (including phenoxy) is 1. The van der Waals surface area contributed by atoms with Crippen LogP contribution < -0.4 is 10.5 Å². The molecule has 2 N–H and O–H groups in total. The van der Waals surface area contributed by atoms with Crippen LogP contribution in [0, 0.1) is 15.5 Å². The lowest BCUT2D eigenvalue weighted by Crippen LogP contribution is -2.35. The van der Waals surface area contributed by atoms with Gasteiger partial charge in [-0.25, -0.2) is 0 Å². The van der Waals surface area contributed by atoms with Crippen LogP contribution in [0.2, 0.25) is 0 Å². The first-order valence-electron chi connectivity index (χ1n) is 6.66. The molecule has 0 aliphatic carbocycles. The van der Waals surface area contributed by atoms with Crippen LogP contribution in [-0.2, 0) is 4.79 Å². The molecule has 0 saturated carbocycles. The Morgan fingerprint density at radius 3 is 2.25 bits per heavy atom. The van der Waals surface area contributed by atoms with Gasteiger partial charge in [-0.05, 0) is 37.9 Å². The maximum absolute atomic E-state index is 12.3. The third-order valence-corrected chi connectivity index (χ3v) is 3.67. The zero-order valence-electron chi connectivity index (χ0n) is 11.8. The van der Waals surface area contributed by atoms with Gasteiger partial charge in [0.15, 0.2) is 0 Å². The van der Waals surface area contributed by atoms with E-state index in [0.29, 0.717) is 31.6 Å². The highest BCUT2D eigenvalue weighted by Gasteiger charge is 2.36. The van der Waals surface area contributed by atoms with Crippen molar-refractivity contribution in [3.8, 4) is 5.75 Å². The van der Waals surface area contributed by atoms with Gasteiger partial charge in [0.2, 0.25) is 0 Å². The monoisotopic (exact) mass is 280 g/mol. The van der Waals surface area contributed by atoms with Gasteiger partial charge in [-0.1, -0.05) is 13.8 Å². The predicted molar refractivity (Wildman–Crippen MR) is 75.4 cm³/mol. The minimum atomic E-state index is -0.587. The van der Waals surface area contributed by atoms with Crippen molar-refractivity contribution in [1.29, 1.82) is 0 Å². The third-order valence-electron chi connectivity index (χ3n) is 3.67. The lowest BCUT2D eigenvalue weighted by Gasteiger charge is -2.28. The van der Waals surface area contributed by atoms with Crippen LogP contribution in [0.1, 0.15) is 33.1 Å². The van der Waals surface area contributed by atoms with Crippen molar-refractivity contribution in [1.82, 2.24) is 0 Å². The van der Waals surface area contributed by atoms with Crippen LogP contribution in [0.25, 0.3) is 0 Å². The highest BCUT2D eigenvalue weighted by molar-refractivity contribution is 5.79. The summed E-state index contributed by atoms with van der Waals surface area (Å²) in [6.45, 7) is 4.27. The van der Waals surface area contributed by atoms with E-state index in [4.69, 9.17) is 10.5 Å². The summed E-state index contributed by atoms with van der Waals surface area (Å²) in [5.41, 5.74) is 4.94. The van der Waals surface area contributed by atoms with E-state index in [-0.39, 0.29) is 11.7 Å². The molecule has 0 aromatic heterocycles. The average molecular weight is 280 g/mol. The van der Waals surface area contributed by atoms with Gasteiger partial charge in [-0.15, -0.1) is 0 Å². The van der Waals surface area contributed by atoms with E-state index in [1.165, 1.54) is 24.3 Å². The summed E-state index contributed by atoms with van der Waals surface area (Å²) in [6.07, 6.45) is 1.85. The summed E-state index contributed by atoms with van der Waals surface area (Å²) in [6, 6.07) is 5.47. The number of nitrogens with zero attached hydrogens (tertiary/aromatic N) is 1. The number of nitrogens with two attached hydrogens (primary N) is 1. The number of esters is 1. The number of carbonyl (C=O) groups is 1. The maximum Gasteiger partial charge on any atom is 0.317 e. The van der Waals surface area contributed by atoms with Gasteiger partial charge in [-0.2, -0.15) is 0 Å². The summed E-state index contributed by atoms with van der Waals surface area (Å²) in [7, 11) is 0. The molecule has 6 nitrogen and oxygen atoms in total. The fourth-order valence-corrected chi connectivity index (χ4v) is 2.12. The largest absolute Gasteiger partial charge is 0.426 e. The van der Waals surface area contributed by atoms with Crippen LogP contribution in [-0.4, -0.2) is 17.4 Å². The first-order chi connectivity index (χ1) is 9.49. The van der Waals surface area contributed by atoms with E-state index >= 15 is 0 Å². The van der Waals surface area contributed by atoms with E-state index in [9.17, 15) is 14.9 Å². The van der Waals surface area contributed by atoms with Crippen LogP contribution in [0.5, 0.6) is 5.75 Å². The first-order valence-corrected chi connectivity index (χ1v) is 6.66. The van der Waals surface area contributed by atoms with Crippen molar-refractivity contribution >= 4 is 11.7 Å². The molecular formula is C14H20N2O4. The Bertz CT molecular complexity index is 467. The number of nitro groups is 1. The Morgan fingerprint density at radius 2 is 1.85 bits per heavy atom.